The second kappa shape index (κ2) is 6.70. The number of benzene rings is 1. The van der Waals surface area contributed by atoms with Crippen LogP contribution in [0.3, 0.4) is 0 Å². The Hall–Kier alpha value is -2.14. The van der Waals surface area contributed by atoms with Gasteiger partial charge < -0.3 is 15.4 Å². The van der Waals surface area contributed by atoms with E-state index in [4.69, 9.17) is 10.5 Å². The summed E-state index contributed by atoms with van der Waals surface area (Å²) in [6, 6.07) is 9.79. The average Bonchev–Trinajstić information content (AvgIpc) is 2.49. The zero-order valence-electron chi connectivity index (χ0n) is 11.0. The molecule has 0 spiro atoms. The number of hydrogen-bond acceptors (Lipinski definition) is 5. The first-order valence-electron chi connectivity index (χ1n) is 6.23. The van der Waals surface area contributed by atoms with Gasteiger partial charge in [-0.25, -0.2) is 9.97 Å². The Bertz CT molecular complexity index is 487. The van der Waals surface area contributed by atoms with Crippen LogP contribution in [0.5, 0.6) is 5.75 Å². The topological polar surface area (TPSA) is 64.3 Å². The SMILES string of the molecule is COc1ccc(N(CCCN)c2ccncn2)cc1. The first kappa shape index (κ1) is 13.3. The number of rotatable bonds is 6. The van der Waals surface area contributed by atoms with E-state index in [1.54, 1.807) is 19.6 Å². The maximum atomic E-state index is 5.60. The van der Waals surface area contributed by atoms with Gasteiger partial charge in [0.1, 0.15) is 17.9 Å². The number of hydrogen-bond donors (Lipinski definition) is 1. The summed E-state index contributed by atoms with van der Waals surface area (Å²) in [7, 11) is 1.66. The molecule has 1 aromatic heterocycles. The maximum Gasteiger partial charge on any atom is 0.136 e. The van der Waals surface area contributed by atoms with Crippen molar-refractivity contribution in [2.24, 2.45) is 5.73 Å². The van der Waals surface area contributed by atoms with E-state index >= 15 is 0 Å². The Morgan fingerprint density at radius 2 is 2.00 bits per heavy atom. The Kier molecular flexibility index (Phi) is 4.69. The molecule has 0 unspecified atom stereocenters. The first-order chi connectivity index (χ1) is 9.35. The fourth-order valence-electron chi connectivity index (χ4n) is 1.83. The monoisotopic (exact) mass is 258 g/mol. The van der Waals surface area contributed by atoms with Crippen molar-refractivity contribution in [2.75, 3.05) is 25.1 Å². The van der Waals surface area contributed by atoms with Crippen molar-refractivity contribution >= 4 is 11.5 Å². The Labute approximate surface area is 113 Å². The minimum atomic E-state index is 0.651. The lowest BCUT2D eigenvalue weighted by atomic mass is 10.2. The standard InChI is InChI=1S/C14H18N4O/c1-19-13-5-3-12(4-6-13)18(10-2-8-15)14-7-9-16-11-17-14/h3-7,9,11H,2,8,10,15H2,1H3. The highest BCUT2D eigenvalue weighted by Gasteiger charge is 2.09. The molecule has 0 aliphatic heterocycles. The molecule has 2 aromatic rings. The Balaban J connectivity index is 2.26. The lowest BCUT2D eigenvalue weighted by Crippen LogP contribution is -2.21. The fourth-order valence-corrected chi connectivity index (χ4v) is 1.83. The summed E-state index contributed by atoms with van der Waals surface area (Å²) < 4.78 is 5.17. The summed E-state index contributed by atoms with van der Waals surface area (Å²) in [6.07, 6.45) is 4.19. The van der Waals surface area contributed by atoms with Crippen LogP contribution in [0.2, 0.25) is 0 Å². The molecule has 2 N–H and O–H groups in total. The third-order valence-corrected chi connectivity index (χ3v) is 2.81. The van der Waals surface area contributed by atoms with Crippen molar-refractivity contribution in [2.45, 2.75) is 6.42 Å². The molecule has 0 aliphatic carbocycles. The smallest absolute Gasteiger partial charge is 0.136 e. The number of ether oxygens (including phenoxy) is 1. The van der Waals surface area contributed by atoms with Crippen LogP contribution in [0.1, 0.15) is 6.42 Å². The van der Waals surface area contributed by atoms with E-state index in [1.807, 2.05) is 30.3 Å². The quantitative estimate of drug-likeness (QED) is 0.858. The minimum absolute atomic E-state index is 0.651. The maximum absolute atomic E-state index is 5.60. The zero-order chi connectivity index (χ0) is 13.5. The average molecular weight is 258 g/mol. The molecular formula is C14H18N4O. The van der Waals surface area contributed by atoms with E-state index in [1.165, 1.54) is 0 Å². The Morgan fingerprint density at radius 3 is 2.58 bits per heavy atom. The van der Waals surface area contributed by atoms with Gasteiger partial charge in [0, 0.05) is 18.4 Å². The largest absolute Gasteiger partial charge is 0.497 e. The Morgan fingerprint density at radius 1 is 1.21 bits per heavy atom. The van der Waals surface area contributed by atoms with Gasteiger partial charge in [0.05, 0.1) is 7.11 Å². The molecule has 0 radical (unpaired) electrons. The lowest BCUT2D eigenvalue weighted by molar-refractivity contribution is 0.415. The molecule has 0 saturated carbocycles. The molecule has 1 heterocycles. The molecule has 1 aromatic carbocycles. The number of nitrogens with zero attached hydrogens (tertiary/aromatic N) is 3. The summed E-state index contributed by atoms with van der Waals surface area (Å²) >= 11 is 0. The normalized spacial score (nSPS) is 10.2. The van der Waals surface area contributed by atoms with Gasteiger partial charge in [-0.15, -0.1) is 0 Å². The van der Waals surface area contributed by atoms with Crippen molar-refractivity contribution in [1.82, 2.24) is 9.97 Å². The molecule has 100 valence electrons. The second-order valence-electron chi connectivity index (χ2n) is 4.06. The van der Waals surface area contributed by atoms with E-state index in [2.05, 4.69) is 14.9 Å². The molecule has 0 fully saturated rings. The molecular weight excluding hydrogens is 240 g/mol. The van der Waals surface area contributed by atoms with Gasteiger partial charge in [0.15, 0.2) is 0 Å². The number of methoxy groups -OCH3 is 1. The summed E-state index contributed by atoms with van der Waals surface area (Å²) in [5.74, 6) is 1.71. The number of aromatic nitrogens is 2. The summed E-state index contributed by atoms with van der Waals surface area (Å²) in [5, 5.41) is 0. The van der Waals surface area contributed by atoms with Crippen molar-refractivity contribution in [3.8, 4) is 5.75 Å². The second-order valence-corrected chi connectivity index (χ2v) is 4.06. The molecule has 5 heteroatoms. The van der Waals surface area contributed by atoms with Gasteiger partial charge in [-0.05, 0) is 43.3 Å². The highest BCUT2D eigenvalue weighted by atomic mass is 16.5. The van der Waals surface area contributed by atoms with Crippen molar-refractivity contribution in [3.63, 3.8) is 0 Å². The van der Waals surface area contributed by atoms with Crippen molar-refractivity contribution in [1.29, 1.82) is 0 Å². The van der Waals surface area contributed by atoms with E-state index < -0.39 is 0 Å². The van der Waals surface area contributed by atoms with E-state index in [0.717, 1.165) is 30.2 Å². The molecule has 0 aliphatic rings. The number of nitrogens with two attached hydrogens (primary N) is 1. The predicted octanol–water partition coefficient (Wildman–Crippen LogP) is 1.97. The third kappa shape index (κ3) is 3.42. The zero-order valence-corrected chi connectivity index (χ0v) is 11.0. The molecule has 19 heavy (non-hydrogen) atoms. The molecule has 0 bridgehead atoms. The van der Waals surface area contributed by atoms with Gasteiger partial charge in [0.25, 0.3) is 0 Å². The van der Waals surface area contributed by atoms with Crippen LogP contribution in [-0.4, -0.2) is 30.2 Å². The van der Waals surface area contributed by atoms with E-state index in [-0.39, 0.29) is 0 Å². The summed E-state index contributed by atoms with van der Waals surface area (Å²) in [6.45, 7) is 1.47. The summed E-state index contributed by atoms with van der Waals surface area (Å²) in [5.41, 5.74) is 6.66. The van der Waals surface area contributed by atoms with Crippen LogP contribution < -0.4 is 15.4 Å². The predicted molar refractivity (Wildman–Crippen MR) is 75.7 cm³/mol. The summed E-state index contributed by atoms with van der Waals surface area (Å²) in [4.78, 5) is 10.4. The van der Waals surface area contributed by atoms with E-state index in [0.29, 0.717) is 6.54 Å². The molecule has 2 rings (SSSR count). The van der Waals surface area contributed by atoms with Crippen LogP contribution in [0, 0.1) is 0 Å². The van der Waals surface area contributed by atoms with Gasteiger partial charge in [0.2, 0.25) is 0 Å². The third-order valence-electron chi connectivity index (χ3n) is 2.81. The molecule has 0 amide bonds. The van der Waals surface area contributed by atoms with Crippen LogP contribution in [-0.2, 0) is 0 Å². The van der Waals surface area contributed by atoms with Crippen LogP contribution in [0.15, 0.2) is 42.9 Å². The highest BCUT2D eigenvalue weighted by molar-refractivity contribution is 5.60. The number of anilines is 2. The van der Waals surface area contributed by atoms with Gasteiger partial charge in [-0.1, -0.05) is 0 Å². The van der Waals surface area contributed by atoms with Gasteiger partial charge in [-0.2, -0.15) is 0 Å². The van der Waals surface area contributed by atoms with Gasteiger partial charge >= 0.3 is 0 Å². The van der Waals surface area contributed by atoms with Crippen LogP contribution >= 0.6 is 0 Å². The van der Waals surface area contributed by atoms with Crippen molar-refractivity contribution in [3.05, 3.63) is 42.9 Å². The van der Waals surface area contributed by atoms with Crippen LogP contribution in [0.4, 0.5) is 11.5 Å². The van der Waals surface area contributed by atoms with E-state index in [9.17, 15) is 0 Å². The first-order valence-corrected chi connectivity index (χ1v) is 6.23. The minimum Gasteiger partial charge on any atom is -0.497 e. The highest BCUT2D eigenvalue weighted by Crippen LogP contribution is 2.25. The fraction of sp³-hybridized carbons (Fsp3) is 0.286. The molecule has 5 nitrogen and oxygen atoms in total. The lowest BCUT2D eigenvalue weighted by Gasteiger charge is -2.23. The van der Waals surface area contributed by atoms with Crippen molar-refractivity contribution < 1.29 is 4.74 Å². The molecule has 0 saturated heterocycles. The van der Waals surface area contributed by atoms with Gasteiger partial charge in [-0.3, -0.25) is 0 Å². The van der Waals surface area contributed by atoms with Crippen LogP contribution in [0.25, 0.3) is 0 Å². The molecule has 0 atom stereocenters.